The second-order valence-corrected chi connectivity index (χ2v) is 4.56. The Morgan fingerprint density at radius 3 is 2.55 bits per heavy atom. The third-order valence-corrected chi connectivity index (χ3v) is 3.30. The third kappa shape index (κ3) is 2.22. The van der Waals surface area contributed by atoms with Crippen LogP contribution in [0.5, 0.6) is 0 Å². The van der Waals surface area contributed by atoms with Gasteiger partial charge in [-0.15, -0.1) is 0 Å². The molecule has 3 rings (SSSR count). The molecule has 0 saturated heterocycles. The zero-order valence-electron chi connectivity index (χ0n) is 11.6. The largest absolute Gasteiger partial charge is 0.339 e. The van der Waals surface area contributed by atoms with Crippen molar-refractivity contribution in [3.05, 3.63) is 41.9 Å². The first-order valence-corrected chi connectivity index (χ1v) is 6.77. The highest BCUT2D eigenvalue weighted by Gasteiger charge is 2.13. The number of hydrogen-bond acceptors (Lipinski definition) is 5. The van der Waals surface area contributed by atoms with Gasteiger partial charge in [0, 0.05) is 5.69 Å². The monoisotopic (exact) mass is 268 g/mol. The Labute approximate surface area is 117 Å². The smallest absolute Gasteiger partial charge is 0.263 e. The van der Waals surface area contributed by atoms with Crippen molar-refractivity contribution in [3.63, 3.8) is 0 Å². The highest BCUT2D eigenvalue weighted by atomic mass is 16.5. The lowest BCUT2D eigenvalue weighted by atomic mass is 10.1. The van der Waals surface area contributed by atoms with Gasteiger partial charge in [0.25, 0.3) is 5.71 Å². The van der Waals surface area contributed by atoms with E-state index in [0.717, 1.165) is 35.4 Å². The summed E-state index contributed by atoms with van der Waals surface area (Å²) in [6.45, 7) is 4.17. The first-order chi connectivity index (χ1) is 9.81. The summed E-state index contributed by atoms with van der Waals surface area (Å²) >= 11 is 0. The lowest BCUT2D eigenvalue weighted by molar-refractivity contribution is 0.439. The second kappa shape index (κ2) is 5.28. The summed E-state index contributed by atoms with van der Waals surface area (Å²) < 4.78 is 5.21. The lowest BCUT2D eigenvalue weighted by Crippen LogP contribution is -1.96. The molecule has 102 valence electrons. The van der Waals surface area contributed by atoms with Crippen molar-refractivity contribution in [3.8, 4) is 0 Å². The molecule has 3 aromatic rings. The average Bonchev–Trinajstić information content (AvgIpc) is 2.92. The molecule has 0 spiro atoms. The van der Waals surface area contributed by atoms with Crippen molar-refractivity contribution >= 4 is 22.6 Å². The first kappa shape index (κ1) is 12.6. The molecule has 0 aliphatic rings. The van der Waals surface area contributed by atoms with E-state index in [1.807, 2.05) is 19.1 Å². The van der Waals surface area contributed by atoms with Crippen LogP contribution in [0.1, 0.15) is 25.1 Å². The molecule has 5 nitrogen and oxygen atoms in total. The molecule has 1 N–H and O–H groups in total. The van der Waals surface area contributed by atoms with Crippen LogP contribution in [0.2, 0.25) is 0 Å². The van der Waals surface area contributed by atoms with E-state index >= 15 is 0 Å². The normalized spacial score (nSPS) is 10.9. The molecule has 2 heterocycles. The molecule has 5 heteroatoms. The van der Waals surface area contributed by atoms with Gasteiger partial charge in [0.15, 0.2) is 0 Å². The summed E-state index contributed by atoms with van der Waals surface area (Å²) in [7, 11) is 0. The second-order valence-electron chi connectivity index (χ2n) is 4.56. The van der Waals surface area contributed by atoms with Crippen LogP contribution in [0.15, 0.2) is 35.1 Å². The fraction of sp³-hybridized carbons (Fsp3) is 0.267. The van der Waals surface area contributed by atoms with Crippen LogP contribution in [0, 0.1) is 0 Å². The number of nitrogens with one attached hydrogen (secondary N) is 1. The molecule has 0 atom stereocenters. The van der Waals surface area contributed by atoms with Gasteiger partial charge in [-0.05, 0) is 30.5 Å². The molecule has 0 saturated carbocycles. The van der Waals surface area contributed by atoms with Crippen molar-refractivity contribution in [2.75, 3.05) is 5.32 Å². The number of nitrogens with zero attached hydrogens (tertiary/aromatic N) is 3. The molecule has 0 amide bonds. The van der Waals surface area contributed by atoms with Crippen LogP contribution in [0.3, 0.4) is 0 Å². The van der Waals surface area contributed by atoms with Gasteiger partial charge >= 0.3 is 0 Å². The Morgan fingerprint density at radius 2 is 1.85 bits per heavy atom. The Balaban J connectivity index is 1.99. The van der Waals surface area contributed by atoms with E-state index in [-0.39, 0.29) is 0 Å². The number of anilines is 2. The van der Waals surface area contributed by atoms with E-state index < -0.39 is 0 Å². The molecule has 0 fully saturated rings. The molecule has 0 bridgehead atoms. The number of aromatic nitrogens is 3. The molecule has 0 unspecified atom stereocenters. The van der Waals surface area contributed by atoms with Gasteiger partial charge in [-0.3, -0.25) is 0 Å². The van der Waals surface area contributed by atoms with Crippen molar-refractivity contribution in [2.45, 2.75) is 26.7 Å². The minimum atomic E-state index is 0.518. The quantitative estimate of drug-likeness (QED) is 0.784. The maximum absolute atomic E-state index is 5.21. The first-order valence-electron chi connectivity index (χ1n) is 6.77. The molecule has 0 radical (unpaired) electrons. The number of hydrogen-bond donors (Lipinski definition) is 1. The van der Waals surface area contributed by atoms with Crippen LogP contribution in [0.25, 0.3) is 11.1 Å². The molecule has 20 heavy (non-hydrogen) atoms. The maximum Gasteiger partial charge on any atom is 0.263 e. The summed E-state index contributed by atoms with van der Waals surface area (Å²) in [5, 5.41) is 8.19. The van der Waals surface area contributed by atoms with E-state index in [0.29, 0.717) is 5.71 Å². The predicted molar refractivity (Wildman–Crippen MR) is 78.1 cm³/mol. The van der Waals surface area contributed by atoms with Crippen molar-refractivity contribution < 1.29 is 4.52 Å². The van der Waals surface area contributed by atoms with Gasteiger partial charge in [0.1, 0.15) is 17.5 Å². The number of aryl methyl sites for hydroxylation is 2. The summed E-state index contributed by atoms with van der Waals surface area (Å²) in [5.41, 5.74) is 3.69. The van der Waals surface area contributed by atoms with Crippen molar-refractivity contribution in [2.24, 2.45) is 0 Å². The van der Waals surface area contributed by atoms with E-state index in [1.54, 1.807) is 0 Å². The van der Waals surface area contributed by atoms with Crippen molar-refractivity contribution in [1.82, 2.24) is 15.1 Å². The molecule has 0 aliphatic carbocycles. The summed E-state index contributed by atoms with van der Waals surface area (Å²) in [6.07, 6.45) is 3.29. The topological polar surface area (TPSA) is 63.8 Å². The Hall–Kier alpha value is -2.43. The Kier molecular flexibility index (Phi) is 3.33. The SMILES string of the molecule is CCc1ccc(Nc2ncnc3onc(CC)c23)cc1. The van der Waals surface area contributed by atoms with Crippen LogP contribution in [0.4, 0.5) is 11.5 Å². The molecule has 2 aromatic heterocycles. The van der Waals surface area contributed by atoms with Gasteiger partial charge in [0.2, 0.25) is 0 Å². The minimum absolute atomic E-state index is 0.518. The molecular weight excluding hydrogens is 252 g/mol. The molecule has 1 aromatic carbocycles. The van der Waals surface area contributed by atoms with Crippen LogP contribution in [-0.2, 0) is 12.8 Å². The number of benzene rings is 1. The highest BCUT2D eigenvalue weighted by Crippen LogP contribution is 2.26. The fourth-order valence-electron chi connectivity index (χ4n) is 2.14. The van der Waals surface area contributed by atoms with Crippen LogP contribution in [-0.4, -0.2) is 15.1 Å². The summed E-state index contributed by atoms with van der Waals surface area (Å²) in [5.74, 6) is 0.734. The lowest BCUT2D eigenvalue weighted by Gasteiger charge is -2.07. The molecule has 0 aliphatic heterocycles. The van der Waals surface area contributed by atoms with Gasteiger partial charge in [-0.1, -0.05) is 31.1 Å². The molecular formula is C15H16N4O. The maximum atomic E-state index is 5.21. The summed E-state index contributed by atoms with van der Waals surface area (Å²) in [6, 6.07) is 8.31. The Bertz CT molecular complexity index is 718. The zero-order valence-corrected chi connectivity index (χ0v) is 11.6. The van der Waals surface area contributed by atoms with E-state index in [2.05, 4.69) is 39.5 Å². The number of fused-ring (bicyclic) bond motifs is 1. The highest BCUT2D eigenvalue weighted by molar-refractivity contribution is 5.89. The predicted octanol–water partition coefficient (Wildman–Crippen LogP) is 3.49. The van der Waals surface area contributed by atoms with Gasteiger partial charge < -0.3 is 9.84 Å². The van der Waals surface area contributed by atoms with Gasteiger partial charge in [-0.2, -0.15) is 4.98 Å². The van der Waals surface area contributed by atoms with E-state index in [9.17, 15) is 0 Å². The van der Waals surface area contributed by atoms with Gasteiger partial charge in [0.05, 0.1) is 5.69 Å². The standard InChI is InChI=1S/C15H16N4O/c1-3-10-5-7-11(8-6-10)18-14-13-12(4-2)19-20-15(13)17-9-16-14/h5-9H,3-4H2,1-2H3,(H,16,17,18). The van der Waals surface area contributed by atoms with E-state index in [4.69, 9.17) is 4.52 Å². The van der Waals surface area contributed by atoms with Crippen LogP contribution >= 0.6 is 0 Å². The third-order valence-electron chi connectivity index (χ3n) is 3.30. The minimum Gasteiger partial charge on any atom is -0.339 e. The van der Waals surface area contributed by atoms with E-state index in [1.165, 1.54) is 11.9 Å². The average molecular weight is 268 g/mol. The Morgan fingerprint density at radius 1 is 1.05 bits per heavy atom. The summed E-state index contributed by atoms with van der Waals surface area (Å²) in [4.78, 5) is 8.40. The number of rotatable bonds is 4. The zero-order chi connectivity index (χ0) is 13.9. The van der Waals surface area contributed by atoms with Gasteiger partial charge in [-0.25, -0.2) is 4.98 Å². The van der Waals surface area contributed by atoms with Crippen molar-refractivity contribution in [1.29, 1.82) is 0 Å². The van der Waals surface area contributed by atoms with Crippen LogP contribution < -0.4 is 5.32 Å². The fourth-order valence-corrected chi connectivity index (χ4v) is 2.14.